The summed E-state index contributed by atoms with van der Waals surface area (Å²) in [5, 5.41) is 2.80. The zero-order valence-corrected chi connectivity index (χ0v) is 13.1. The molecule has 1 aliphatic heterocycles. The number of hydrogen-bond donors (Lipinski definition) is 2. The van der Waals surface area contributed by atoms with Crippen LogP contribution in [0.5, 0.6) is 0 Å². The minimum atomic E-state index is -0.432. The van der Waals surface area contributed by atoms with Gasteiger partial charge in [0.25, 0.3) is 17.7 Å². The molecule has 0 unspecified atom stereocenters. The van der Waals surface area contributed by atoms with Crippen molar-refractivity contribution in [3.63, 3.8) is 0 Å². The summed E-state index contributed by atoms with van der Waals surface area (Å²) < 4.78 is 0. The van der Waals surface area contributed by atoms with Crippen LogP contribution in [0.1, 0.15) is 57.8 Å². The molecule has 6 nitrogen and oxygen atoms in total. The third-order valence-electron chi connectivity index (χ3n) is 4.36. The molecule has 3 N–H and O–H groups in total. The molecule has 118 valence electrons. The van der Waals surface area contributed by atoms with Crippen LogP contribution in [0.2, 0.25) is 0 Å². The van der Waals surface area contributed by atoms with Crippen molar-refractivity contribution in [1.29, 1.82) is 0 Å². The summed E-state index contributed by atoms with van der Waals surface area (Å²) in [7, 11) is 1.43. The number of imide groups is 1. The quantitative estimate of drug-likeness (QED) is 0.798. The lowest BCUT2D eigenvalue weighted by Crippen LogP contribution is -2.49. The molecular weight excluding hydrogens is 282 g/mol. The van der Waals surface area contributed by atoms with E-state index >= 15 is 0 Å². The van der Waals surface area contributed by atoms with Crippen LogP contribution < -0.4 is 11.1 Å². The van der Waals surface area contributed by atoms with Crippen molar-refractivity contribution >= 4 is 17.7 Å². The second kappa shape index (κ2) is 5.88. The molecule has 0 fully saturated rings. The molecule has 2 rings (SSSR count). The van der Waals surface area contributed by atoms with E-state index in [0.717, 1.165) is 17.7 Å². The van der Waals surface area contributed by atoms with Crippen LogP contribution in [-0.2, 0) is 0 Å². The molecule has 1 heterocycles. The Morgan fingerprint density at radius 3 is 2.36 bits per heavy atom. The summed E-state index contributed by atoms with van der Waals surface area (Å²) in [6, 6.07) is 4.53. The second-order valence-electron chi connectivity index (χ2n) is 5.68. The second-order valence-corrected chi connectivity index (χ2v) is 5.68. The van der Waals surface area contributed by atoms with E-state index < -0.39 is 5.54 Å². The molecular formula is C16H21N3O3. The highest BCUT2D eigenvalue weighted by atomic mass is 16.2. The van der Waals surface area contributed by atoms with E-state index in [1.165, 1.54) is 19.2 Å². The van der Waals surface area contributed by atoms with E-state index in [9.17, 15) is 14.4 Å². The van der Waals surface area contributed by atoms with Crippen LogP contribution in [0.4, 0.5) is 0 Å². The zero-order chi connectivity index (χ0) is 16.5. The van der Waals surface area contributed by atoms with Crippen molar-refractivity contribution in [2.45, 2.75) is 32.2 Å². The lowest BCUT2D eigenvalue weighted by Gasteiger charge is -2.26. The smallest absolute Gasteiger partial charge is 0.261 e. The summed E-state index contributed by atoms with van der Waals surface area (Å²) in [6.45, 7) is 4.32. The number of fused-ring (bicyclic) bond motifs is 1. The maximum Gasteiger partial charge on any atom is 0.261 e. The lowest BCUT2D eigenvalue weighted by molar-refractivity contribution is 0.0693. The maximum absolute atomic E-state index is 12.2. The number of benzene rings is 1. The molecule has 22 heavy (non-hydrogen) atoms. The van der Waals surface area contributed by atoms with Crippen LogP contribution in [0, 0.1) is 0 Å². The summed E-state index contributed by atoms with van der Waals surface area (Å²) in [5.41, 5.74) is 6.67. The summed E-state index contributed by atoms with van der Waals surface area (Å²) in [4.78, 5) is 37.0. The van der Waals surface area contributed by atoms with E-state index in [0.29, 0.717) is 17.7 Å². The number of carbonyl (C=O) groups excluding carboxylic acids is 3. The number of nitrogens with zero attached hydrogens (tertiary/aromatic N) is 1. The first-order valence-corrected chi connectivity index (χ1v) is 7.36. The van der Waals surface area contributed by atoms with Crippen molar-refractivity contribution in [2.24, 2.45) is 5.73 Å². The van der Waals surface area contributed by atoms with Gasteiger partial charge < -0.3 is 11.1 Å². The van der Waals surface area contributed by atoms with Gasteiger partial charge >= 0.3 is 0 Å². The van der Waals surface area contributed by atoms with Gasteiger partial charge in [-0.3, -0.25) is 19.3 Å². The van der Waals surface area contributed by atoms with Crippen molar-refractivity contribution in [3.8, 4) is 0 Å². The molecule has 1 aliphatic rings. The van der Waals surface area contributed by atoms with Crippen molar-refractivity contribution in [3.05, 3.63) is 34.9 Å². The monoisotopic (exact) mass is 303 g/mol. The van der Waals surface area contributed by atoms with Gasteiger partial charge in [0.05, 0.1) is 11.1 Å². The molecule has 0 radical (unpaired) electrons. The lowest BCUT2D eigenvalue weighted by atomic mass is 9.94. The highest BCUT2D eigenvalue weighted by molar-refractivity contribution is 6.21. The van der Waals surface area contributed by atoms with Crippen molar-refractivity contribution in [2.75, 3.05) is 13.6 Å². The van der Waals surface area contributed by atoms with Gasteiger partial charge in [-0.15, -0.1) is 0 Å². The van der Waals surface area contributed by atoms with Gasteiger partial charge in [0.1, 0.15) is 0 Å². The fourth-order valence-electron chi connectivity index (χ4n) is 2.36. The van der Waals surface area contributed by atoms with Crippen LogP contribution >= 0.6 is 0 Å². The number of rotatable bonds is 5. The predicted octanol–water partition coefficient (Wildman–Crippen LogP) is 1.16. The van der Waals surface area contributed by atoms with Crippen LogP contribution in [-0.4, -0.2) is 41.8 Å². The van der Waals surface area contributed by atoms with Gasteiger partial charge in [0, 0.05) is 24.7 Å². The molecule has 0 aromatic heterocycles. The minimum Gasteiger partial charge on any atom is -0.350 e. The molecule has 1 aromatic rings. The number of nitrogens with one attached hydrogen (secondary N) is 1. The molecule has 3 amide bonds. The van der Waals surface area contributed by atoms with Crippen LogP contribution in [0.25, 0.3) is 0 Å². The van der Waals surface area contributed by atoms with Gasteiger partial charge in [-0.05, 0) is 31.0 Å². The molecule has 0 aliphatic carbocycles. The largest absolute Gasteiger partial charge is 0.350 e. The number of hydrogen-bond acceptors (Lipinski definition) is 4. The first-order chi connectivity index (χ1) is 10.3. The van der Waals surface area contributed by atoms with E-state index in [2.05, 4.69) is 5.32 Å². The Hall–Kier alpha value is -2.21. The normalized spacial score (nSPS) is 14.3. The van der Waals surface area contributed by atoms with Crippen LogP contribution in [0.15, 0.2) is 18.2 Å². The minimum absolute atomic E-state index is 0.269. The molecule has 0 saturated heterocycles. The van der Waals surface area contributed by atoms with Crippen LogP contribution in [0.3, 0.4) is 0 Å². The highest BCUT2D eigenvalue weighted by Gasteiger charge is 2.33. The Morgan fingerprint density at radius 2 is 1.77 bits per heavy atom. The van der Waals surface area contributed by atoms with E-state index in [1.54, 1.807) is 6.07 Å². The van der Waals surface area contributed by atoms with E-state index in [4.69, 9.17) is 5.73 Å². The fourth-order valence-corrected chi connectivity index (χ4v) is 2.36. The Kier molecular flexibility index (Phi) is 4.32. The average Bonchev–Trinajstić information content (AvgIpc) is 2.76. The Morgan fingerprint density at radius 1 is 1.18 bits per heavy atom. The molecule has 6 heteroatoms. The third kappa shape index (κ3) is 2.74. The topological polar surface area (TPSA) is 92.5 Å². The molecule has 0 atom stereocenters. The number of nitrogens with two attached hydrogens (primary N) is 1. The number of amides is 3. The van der Waals surface area contributed by atoms with E-state index in [-0.39, 0.29) is 23.3 Å². The molecule has 0 bridgehead atoms. The van der Waals surface area contributed by atoms with E-state index in [1.807, 2.05) is 13.8 Å². The number of carbonyl (C=O) groups is 3. The SMILES string of the molecule is CCC(N)(CC)CNC(=O)c1ccc2c(c1)C(=O)N(C)C2=O. The average molecular weight is 303 g/mol. The highest BCUT2D eigenvalue weighted by Crippen LogP contribution is 2.22. The van der Waals surface area contributed by atoms with Crippen molar-refractivity contribution in [1.82, 2.24) is 10.2 Å². The summed E-state index contributed by atoms with van der Waals surface area (Å²) in [6.07, 6.45) is 1.51. The standard InChI is InChI=1S/C16H21N3O3/c1-4-16(17,5-2)9-18-13(20)10-6-7-11-12(8-10)15(22)19(3)14(11)21/h6-8H,4-5,9,17H2,1-3H3,(H,18,20). The van der Waals surface area contributed by atoms with Gasteiger partial charge in [-0.1, -0.05) is 13.8 Å². The Balaban J connectivity index is 2.17. The summed E-state index contributed by atoms with van der Waals surface area (Å²) in [5.74, 6) is -1.02. The van der Waals surface area contributed by atoms with Gasteiger partial charge in [-0.2, -0.15) is 0 Å². The summed E-state index contributed by atoms with van der Waals surface area (Å²) >= 11 is 0. The first-order valence-electron chi connectivity index (χ1n) is 7.36. The zero-order valence-electron chi connectivity index (χ0n) is 13.1. The third-order valence-corrected chi connectivity index (χ3v) is 4.36. The predicted molar refractivity (Wildman–Crippen MR) is 82.7 cm³/mol. The molecule has 0 saturated carbocycles. The molecule has 0 spiro atoms. The molecule has 1 aromatic carbocycles. The fraction of sp³-hybridized carbons (Fsp3) is 0.438. The van der Waals surface area contributed by atoms with Gasteiger partial charge in [0.2, 0.25) is 0 Å². The Bertz CT molecular complexity index is 636. The Labute approximate surface area is 129 Å². The van der Waals surface area contributed by atoms with Gasteiger partial charge in [0.15, 0.2) is 0 Å². The first kappa shape index (κ1) is 16.2. The van der Waals surface area contributed by atoms with Gasteiger partial charge in [-0.25, -0.2) is 0 Å². The van der Waals surface area contributed by atoms with Crippen molar-refractivity contribution < 1.29 is 14.4 Å². The maximum atomic E-state index is 12.2.